The molecule has 0 aliphatic carbocycles. The lowest BCUT2D eigenvalue weighted by molar-refractivity contribution is -0.141. The second kappa shape index (κ2) is 6.87. The number of aliphatic hydroxyl groups excluding tert-OH is 1. The number of amides is 2. The molecule has 6 nitrogen and oxygen atoms in total. The number of nitrogens with zero attached hydrogens (tertiary/aromatic N) is 2. The molecular formula is C14H24N2O4S. The highest BCUT2D eigenvalue weighted by Crippen LogP contribution is 2.35. The molecule has 0 bridgehead atoms. The van der Waals surface area contributed by atoms with E-state index < -0.39 is 12.0 Å². The Bertz CT molecular complexity index is 404. The van der Waals surface area contributed by atoms with Gasteiger partial charge in [-0.2, -0.15) is 0 Å². The third-order valence-electron chi connectivity index (χ3n) is 4.16. The highest BCUT2D eigenvalue weighted by Gasteiger charge is 2.44. The highest BCUT2D eigenvalue weighted by atomic mass is 32.2. The van der Waals surface area contributed by atoms with Crippen LogP contribution in [0.1, 0.15) is 26.7 Å². The van der Waals surface area contributed by atoms with Crippen LogP contribution in [0.25, 0.3) is 0 Å². The lowest BCUT2D eigenvalue weighted by Gasteiger charge is -2.38. The molecule has 2 amide bonds. The quantitative estimate of drug-likeness (QED) is 0.820. The van der Waals surface area contributed by atoms with E-state index in [1.165, 1.54) is 4.90 Å². The van der Waals surface area contributed by atoms with Crippen LogP contribution in [0.4, 0.5) is 4.79 Å². The molecule has 2 aliphatic rings. The molecule has 0 aromatic heterocycles. The van der Waals surface area contributed by atoms with Crippen molar-refractivity contribution in [2.45, 2.75) is 38.1 Å². The van der Waals surface area contributed by atoms with Crippen molar-refractivity contribution in [3.63, 3.8) is 0 Å². The zero-order chi connectivity index (χ0) is 15.6. The molecule has 0 radical (unpaired) electrons. The number of hydrogen-bond acceptors (Lipinski definition) is 4. The molecule has 3 unspecified atom stereocenters. The Morgan fingerprint density at radius 3 is 2.67 bits per heavy atom. The fourth-order valence-corrected chi connectivity index (χ4v) is 4.49. The predicted molar refractivity (Wildman–Crippen MR) is 81.1 cm³/mol. The SMILES string of the molecule is CC(C)C1SCC(C(=O)O)N1C(=O)N1CCCC(CO)C1. The average molecular weight is 316 g/mol. The Hall–Kier alpha value is -0.950. The number of rotatable bonds is 3. The molecular weight excluding hydrogens is 292 g/mol. The summed E-state index contributed by atoms with van der Waals surface area (Å²) in [6, 6.07) is -0.936. The topological polar surface area (TPSA) is 81.1 Å². The van der Waals surface area contributed by atoms with Crippen LogP contribution in [0.15, 0.2) is 0 Å². The molecule has 2 saturated heterocycles. The molecule has 2 N–H and O–H groups in total. The van der Waals surface area contributed by atoms with Crippen molar-refractivity contribution < 1.29 is 19.8 Å². The standard InChI is InChI=1S/C14H24N2O4S/c1-9(2)12-16(11(8-21-12)13(18)19)14(20)15-5-3-4-10(6-15)7-17/h9-12,17H,3-8H2,1-2H3,(H,18,19). The van der Waals surface area contributed by atoms with Gasteiger partial charge in [0.25, 0.3) is 0 Å². The first kappa shape index (κ1) is 16.4. The smallest absolute Gasteiger partial charge is 0.327 e. The minimum absolute atomic E-state index is 0.0779. The number of carboxylic acids is 1. The molecule has 21 heavy (non-hydrogen) atoms. The number of carboxylic acid groups (broad SMARTS) is 1. The zero-order valence-corrected chi connectivity index (χ0v) is 13.4. The van der Waals surface area contributed by atoms with E-state index in [1.54, 1.807) is 16.7 Å². The second-order valence-corrected chi connectivity index (χ2v) is 7.30. The van der Waals surface area contributed by atoms with Crippen LogP contribution in [0.3, 0.4) is 0 Å². The van der Waals surface area contributed by atoms with Crippen molar-refractivity contribution in [1.29, 1.82) is 0 Å². The third-order valence-corrected chi connectivity index (χ3v) is 5.78. The summed E-state index contributed by atoms with van der Waals surface area (Å²) in [4.78, 5) is 27.5. The van der Waals surface area contributed by atoms with Crippen LogP contribution in [-0.2, 0) is 4.79 Å². The van der Waals surface area contributed by atoms with Crippen LogP contribution < -0.4 is 0 Å². The number of piperidine rings is 1. The van der Waals surface area contributed by atoms with Gasteiger partial charge in [-0.3, -0.25) is 4.90 Å². The number of aliphatic carboxylic acids is 1. The monoisotopic (exact) mass is 316 g/mol. The van der Waals surface area contributed by atoms with E-state index in [9.17, 15) is 19.8 Å². The number of thioether (sulfide) groups is 1. The maximum atomic E-state index is 12.8. The molecule has 2 fully saturated rings. The van der Waals surface area contributed by atoms with E-state index in [-0.39, 0.29) is 29.8 Å². The van der Waals surface area contributed by atoms with E-state index in [1.807, 2.05) is 13.8 Å². The Kier molecular flexibility index (Phi) is 5.37. The van der Waals surface area contributed by atoms with Gasteiger partial charge in [-0.15, -0.1) is 11.8 Å². The van der Waals surface area contributed by atoms with Gasteiger partial charge in [0.2, 0.25) is 0 Å². The van der Waals surface area contributed by atoms with Gasteiger partial charge in [0.05, 0.1) is 5.37 Å². The van der Waals surface area contributed by atoms with Gasteiger partial charge in [0.15, 0.2) is 0 Å². The van der Waals surface area contributed by atoms with Crippen LogP contribution >= 0.6 is 11.8 Å². The minimum atomic E-state index is -0.935. The lowest BCUT2D eigenvalue weighted by atomic mass is 9.99. The summed E-state index contributed by atoms with van der Waals surface area (Å²) in [5, 5.41) is 18.6. The molecule has 2 aliphatic heterocycles. The van der Waals surface area contributed by atoms with Crippen molar-refractivity contribution >= 4 is 23.8 Å². The molecule has 2 heterocycles. The van der Waals surface area contributed by atoms with Gasteiger partial charge in [0.1, 0.15) is 6.04 Å². The number of carbonyl (C=O) groups is 2. The number of hydrogen-bond donors (Lipinski definition) is 2. The van der Waals surface area contributed by atoms with Gasteiger partial charge < -0.3 is 15.1 Å². The fourth-order valence-electron chi connectivity index (χ4n) is 3.02. The van der Waals surface area contributed by atoms with Crippen molar-refractivity contribution in [2.24, 2.45) is 11.8 Å². The van der Waals surface area contributed by atoms with Crippen molar-refractivity contribution in [3.8, 4) is 0 Å². The van der Waals surface area contributed by atoms with Gasteiger partial charge in [-0.25, -0.2) is 9.59 Å². The Balaban J connectivity index is 2.14. The van der Waals surface area contributed by atoms with Crippen molar-refractivity contribution in [3.05, 3.63) is 0 Å². The summed E-state index contributed by atoms with van der Waals surface area (Å²) < 4.78 is 0. The molecule has 0 saturated carbocycles. The van der Waals surface area contributed by atoms with Crippen molar-refractivity contribution in [1.82, 2.24) is 9.80 Å². The largest absolute Gasteiger partial charge is 0.480 e. The number of aliphatic hydroxyl groups is 1. The van der Waals surface area contributed by atoms with Crippen LogP contribution in [-0.4, -0.2) is 68.9 Å². The van der Waals surface area contributed by atoms with Gasteiger partial charge in [-0.1, -0.05) is 13.8 Å². The van der Waals surface area contributed by atoms with Gasteiger partial charge in [0, 0.05) is 25.4 Å². The normalized spacial score (nSPS) is 30.0. The predicted octanol–water partition coefficient (Wildman–Crippen LogP) is 1.29. The van der Waals surface area contributed by atoms with Crippen LogP contribution in [0, 0.1) is 11.8 Å². The first-order valence-corrected chi connectivity index (χ1v) is 8.53. The van der Waals surface area contributed by atoms with Gasteiger partial charge >= 0.3 is 12.0 Å². The third kappa shape index (κ3) is 3.45. The Morgan fingerprint density at radius 1 is 1.38 bits per heavy atom. The van der Waals surface area contributed by atoms with E-state index in [4.69, 9.17) is 0 Å². The summed E-state index contributed by atoms with van der Waals surface area (Å²) in [6.07, 6.45) is 1.78. The number of urea groups is 1. The second-order valence-electron chi connectivity index (χ2n) is 6.15. The summed E-state index contributed by atoms with van der Waals surface area (Å²) in [7, 11) is 0. The van der Waals surface area contributed by atoms with E-state index in [2.05, 4.69) is 0 Å². The number of carbonyl (C=O) groups excluding carboxylic acids is 1. The van der Waals surface area contributed by atoms with Crippen LogP contribution in [0.2, 0.25) is 0 Å². The highest BCUT2D eigenvalue weighted by molar-refractivity contribution is 8.00. The summed E-state index contributed by atoms with van der Waals surface area (Å²) in [6.45, 7) is 5.26. The zero-order valence-electron chi connectivity index (χ0n) is 12.6. The molecule has 0 aromatic carbocycles. The average Bonchev–Trinajstić information content (AvgIpc) is 2.91. The molecule has 2 rings (SSSR count). The summed E-state index contributed by atoms with van der Waals surface area (Å²) in [5.41, 5.74) is 0. The van der Waals surface area contributed by atoms with Crippen molar-refractivity contribution in [2.75, 3.05) is 25.4 Å². The molecule has 3 atom stereocenters. The maximum absolute atomic E-state index is 12.8. The van der Waals surface area contributed by atoms with E-state index >= 15 is 0 Å². The molecule has 0 spiro atoms. The maximum Gasteiger partial charge on any atom is 0.327 e. The first-order valence-electron chi connectivity index (χ1n) is 7.48. The number of likely N-dealkylation sites (tertiary alicyclic amines) is 1. The van der Waals surface area contributed by atoms with Gasteiger partial charge in [-0.05, 0) is 24.7 Å². The van der Waals surface area contributed by atoms with Crippen LogP contribution in [0.5, 0.6) is 0 Å². The molecule has 0 aromatic rings. The molecule has 120 valence electrons. The Morgan fingerprint density at radius 2 is 2.10 bits per heavy atom. The van der Waals surface area contributed by atoms with E-state index in [0.29, 0.717) is 18.8 Å². The first-order chi connectivity index (χ1) is 9.95. The molecule has 7 heteroatoms. The Labute approximate surface area is 129 Å². The van der Waals surface area contributed by atoms with E-state index in [0.717, 1.165) is 12.8 Å². The fraction of sp³-hybridized carbons (Fsp3) is 0.857. The summed E-state index contributed by atoms with van der Waals surface area (Å²) in [5.74, 6) is -0.170. The summed E-state index contributed by atoms with van der Waals surface area (Å²) >= 11 is 1.54. The lowest BCUT2D eigenvalue weighted by Crippen LogP contribution is -2.54. The minimum Gasteiger partial charge on any atom is -0.480 e.